The number of fused-ring (bicyclic) bond motifs is 1. The van der Waals surface area contributed by atoms with Gasteiger partial charge in [-0.2, -0.15) is 0 Å². The van der Waals surface area contributed by atoms with E-state index in [1.807, 2.05) is 35.7 Å². The molecule has 1 amide bonds. The van der Waals surface area contributed by atoms with Crippen LogP contribution in [0.5, 0.6) is 5.75 Å². The first-order valence-corrected chi connectivity index (χ1v) is 10.6. The Morgan fingerprint density at radius 2 is 2.00 bits per heavy atom. The van der Waals surface area contributed by atoms with Crippen LogP contribution in [0.1, 0.15) is 36.1 Å². The highest BCUT2D eigenvalue weighted by molar-refractivity contribution is 7.17. The molecule has 144 valence electrons. The van der Waals surface area contributed by atoms with Crippen LogP contribution in [0.3, 0.4) is 0 Å². The molecule has 0 radical (unpaired) electrons. The third-order valence-corrected chi connectivity index (χ3v) is 6.29. The van der Waals surface area contributed by atoms with Gasteiger partial charge in [-0.1, -0.05) is 20.8 Å². The van der Waals surface area contributed by atoms with Gasteiger partial charge < -0.3 is 9.72 Å². The van der Waals surface area contributed by atoms with Crippen LogP contribution in [-0.4, -0.2) is 23.0 Å². The van der Waals surface area contributed by atoms with E-state index in [9.17, 15) is 4.79 Å². The van der Waals surface area contributed by atoms with Gasteiger partial charge in [-0.25, -0.2) is 4.98 Å². The van der Waals surface area contributed by atoms with Crippen molar-refractivity contribution in [1.82, 2.24) is 9.97 Å². The van der Waals surface area contributed by atoms with Crippen molar-refractivity contribution in [3.63, 3.8) is 0 Å². The number of aromatic amines is 1. The predicted molar refractivity (Wildman–Crippen MR) is 117 cm³/mol. The van der Waals surface area contributed by atoms with E-state index in [0.717, 1.165) is 32.9 Å². The van der Waals surface area contributed by atoms with Gasteiger partial charge in [0.2, 0.25) is 0 Å². The number of nitrogens with one attached hydrogen (secondary N) is 2. The van der Waals surface area contributed by atoms with E-state index < -0.39 is 0 Å². The number of nitrogens with zero attached hydrogens (tertiary/aromatic N) is 1. The molecule has 0 saturated carbocycles. The molecule has 0 saturated heterocycles. The Morgan fingerprint density at radius 1 is 1.18 bits per heavy atom. The first-order valence-electron chi connectivity index (χ1n) is 8.88. The molecule has 1 aromatic carbocycles. The Labute approximate surface area is 171 Å². The second-order valence-electron chi connectivity index (χ2n) is 7.54. The Morgan fingerprint density at radius 3 is 2.71 bits per heavy atom. The molecular weight excluding hydrogens is 390 g/mol. The summed E-state index contributed by atoms with van der Waals surface area (Å²) in [6, 6.07) is 11.8. The number of hydrogen-bond donors (Lipinski definition) is 2. The number of carbonyl (C=O) groups is 1. The van der Waals surface area contributed by atoms with Crippen LogP contribution in [0.2, 0.25) is 0 Å². The lowest BCUT2D eigenvalue weighted by molar-refractivity contribution is 0.103. The van der Waals surface area contributed by atoms with Crippen molar-refractivity contribution in [3.8, 4) is 16.3 Å². The fourth-order valence-electron chi connectivity index (χ4n) is 2.81. The topological polar surface area (TPSA) is 67.0 Å². The SMILES string of the molecule is COc1ccc2[nH]c(-c3ccc(C(=O)Nc4nc(C(C)(C)C)cs4)s3)cc2c1. The van der Waals surface area contributed by atoms with Gasteiger partial charge >= 0.3 is 0 Å². The third kappa shape index (κ3) is 3.68. The maximum atomic E-state index is 12.6. The lowest BCUT2D eigenvalue weighted by Gasteiger charge is -2.14. The van der Waals surface area contributed by atoms with Crippen LogP contribution in [0.25, 0.3) is 21.5 Å². The van der Waals surface area contributed by atoms with Crippen molar-refractivity contribution in [1.29, 1.82) is 0 Å². The molecule has 0 aliphatic rings. The Bertz CT molecular complexity index is 1150. The first kappa shape index (κ1) is 18.7. The molecule has 7 heteroatoms. The number of anilines is 1. The maximum absolute atomic E-state index is 12.6. The number of amides is 1. The minimum absolute atomic E-state index is 0.0338. The third-order valence-electron chi connectivity index (χ3n) is 4.42. The average Bonchev–Trinajstić information content (AvgIpc) is 3.38. The smallest absolute Gasteiger partial charge is 0.267 e. The van der Waals surface area contributed by atoms with Gasteiger partial charge in [0.25, 0.3) is 5.91 Å². The van der Waals surface area contributed by atoms with E-state index in [-0.39, 0.29) is 11.3 Å². The lowest BCUT2D eigenvalue weighted by Crippen LogP contribution is -2.13. The predicted octanol–water partition coefficient (Wildman–Crippen LogP) is 5.91. The molecule has 0 atom stereocenters. The van der Waals surface area contributed by atoms with E-state index in [0.29, 0.717) is 10.0 Å². The van der Waals surface area contributed by atoms with Crippen molar-refractivity contribution < 1.29 is 9.53 Å². The van der Waals surface area contributed by atoms with Crippen molar-refractivity contribution >= 4 is 44.6 Å². The van der Waals surface area contributed by atoms with E-state index in [4.69, 9.17) is 4.74 Å². The van der Waals surface area contributed by atoms with Crippen LogP contribution in [-0.2, 0) is 5.41 Å². The van der Waals surface area contributed by atoms with Gasteiger partial charge in [0, 0.05) is 21.7 Å². The molecule has 28 heavy (non-hydrogen) atoms. The second kappa shape index (κ2) is 7.07. The lowest BCUT2D eigenvalue weighted by atomic mass is 9.93. The van der Waals surface area contributed by atoms with Crippen molar-refractivity contribution in [3.05, 3.63) is 52.3 Å². The van der Waals surface area contributed by atoms with E-state index >= 15 is 0 Å². The van der Waals surface area contributed by atoms with Gasteiger partial charge in [0.1, 0.15) is 5.75 Å². The molecule has 0 bridgehead atoms. The second-order valence-corrected chi connectivity index (χ2v) is 9.48. The van der Waals surface area contributed by atoms with Crippen molar-refractivity contribution in [2.75, 3.05) is 12.4 Å². The van der Waals surface area contributed by atoms with Gasteiger partial charge in [-0.05, 0) is 36.4 Å². The largest absolute Gasteiger partial charge is 0.497 e. The number of carbonyl (C=O) groups excluding carboxylic acids is 1. The summed E-state index contributed by atoms with van der Waals surface area (Å²) >= 11 is 2.91. The minimum atomic E-state index is -0.135. The number of methoxy groups -OCH3 is 1. The van der Waals surface area contributed by atoms with Gasteiger partial charge in [0.05, 0.1) is 28.3 Å². The zero-order chi connectivity index (χ0) is 19.9. The Kier molecular flexibility index (Phi) is 4.72. The molecule has 4 rings (SSSR count). The highest BCUT2D eigenvalue weighted by atomic mass is 32.1. The number of thiophene rings is 1. The quantitative estimate of drug-likeness (QED) is 0.438. The number of ether oxygens (including phenoxy) is 1. The summed E-state index contributed by atoms with van der Waals surface area (Å²) in [4.78, 5) is 22.2. The van der Waals surface area contributed by atoms with Crippen LogP contribution < -0.4 is 10.1 Å². The Hall–Kier alpha value is -2.64. The van der Waals surface area contributed by atoms with Crippen LogP contribution in [0.15, 0.2) is 41.8 Å². The van der Waals surface area contributed by atoms with Gasteiger partial charge in [-0.15, -0.1) is 22.7 Å². The number of aromatic nitrogens is 2. The number of H-pyrrole nitrogens is 1. The highest BCUT2D eigenvalue weighted by Gasteiger charge is 2.19. The summed E-state index contributed by atoms with van der Waals surface area (Å²) in [5.74, 6) is 0.686. The molecule has 0 aliphatic carbocycles. The van der Waals surface area contributed by atoms with Crippen LogP contribution in [0.4, 0.5) is 5.13 Å². The zero-order valence-corrected chi connectivity index (χ0v) is 17.8. The monoisotopic (exact) mass is 411 g/mol. The van der Waals surface area contributed by atoms with E-state index in [2.05, 4.69) is 42.1 Å². The fraction of sp³-hybridized carbons (Fsp3) is 0.238. The highest BCUT2D eigenvalue weighted by Crippen LogP contribution is 2.32. The molecule has 0 spiro atoms. The fourth-order valence-corrected chi connectivity index (χ4v) is 4.61. The van der Waals surface area contributed by atoms with Crippen molar-refractivity contribution in [2.45, 2.75) is 26.2 Å². The molecule has 5 nitrogen and oxygen atoms in total. The van der Waals surface area contributed by atoms with Gasteiger partial charge in [0.15, 0.2) is 5.13 Å². The van der Waals surface area contributed by atoms with Crippen LogP contribution >= 0.6 is 22.7 Å². The summed E-state index contributed by atoms with van der Waals surface area (Å²) in [5, 5.41) is 6.61. The molecule has 2 N–H and O–H groups in total. The number of benzene rings is 1. The molecule has 3 heterocycles. The number of thiazole rings is 1. The first-order chi connectivity index (χ1) is 13.3. The summed E-state index contributed by atoms with van der Waals surface area (Å²) in [6.07, 6.45) is 0. The standard InChI is InChI=1S/C21H21N3O2S2/c1-21(2,3)18-11-27-20(23-18)24-19(25)17-8-7-16(28-17)15-10-12-9-13(26-4)5-6-14(12)22-15/h5-11,22H,1-4H3,(H,23,24,25). The summed E-state index contributed by atoms with van der Waals surface area (Å²) in [7, 11) is 1.66. The van der Waals surface area contributed by atoms with E-state index in [1.165, 1.54) is 22.7 Å². The number of hydrogen-bond acceptors (Lipinski definition) is 5. The van der Waals surface area contributed by atoms with Crippen molar-refractivity contribution in [2.24, 2.45) is 0 Å². The van der Waals surface area contributed by atoms with E-state index in [1.54, 1.807) is 7.11 Å². The molecule has 3 aromatic heterocycles. The minimum Gasteiger partial charge on any atom is -0.497 e. The molecule has 4 aromatic rings. The molecule has 0 unspecified atom stereocenters. The average molecular weight is 412 g/mol. The Balaban J connectivity index is 1.54. The molecule has 0 aliphatic heterocycles. The summed E-state index contributed by atoms with van der Waals surface area (Å²) in [6.45, 7) is 6.32. The molecular formula is C21H21N3O2S2. The normalized spacial score (nSPS) is 11.7. The molecule has 0 fully saturated rings. The zero-order valence-electron chi connectivity index (χ0n) is 16.1. The maximum Gasteiger partial charge on any atom is 0.267 e. The number of rotatable bonds is 4. The summed E-state index contributed by atoms with van der Waals surface area (Å²) < 4.78 is 5.28. The summed E-state index contributed by atoms with van der Waals surface area (Å²) in [5.41, 5.74) is 2.96. The van der Waals surface area contributed by atoms with Gasteiger partial charge in [-0.3, -0.25) is 10.1 Å². The van der Waals surface area contributed by atoms with Crippen LogP contribution in [0, 0.1) is 0 Å².